The molecule has 0 aromatic heterocycles. The average molecular weight is 450 g/mol. The number of rotatable bonds is 13. The summed E-state index contributed by atoms with van der Waals surface area (Å²) in [6, 6.07) is 7.02. The van der Waals surface area contributed by atoms with Crippen LogP contribution in [0.3, 0.4) is 0 Å². The Hall–Kier alpha value is -0.740. The summed E-state index contributed by atoms with van der Waals surface area (Å²) in [6.07, 6.45) is 8.58. The van der Waals surface area contributed by atoms with E-state index in [1.165, 1.54) is 32.1 Å². The van der Waals surface area contributed by atoms with Gasteiger partial charge >= 0.3 is 0 Å². The Balaban J connectivity index is 2.00. The van der Waals surface area contributed by atoms with Gasteiger partial charge in [0.2, 0.25) is 0 Å². The number of hydrogen-bond donors (Lipinski definition) is 2. The number of nitrogens with two attached hydrogens (primary N) is 1. The summed E-state index contributed by atoms with van der Waals surface area (Å²) in [4.78, 5) is 21.1. The molecule has 0 saturated carbocycles. The second-order valence-corrected chi connectivity index (χ2v) is 6.88. The van der Waals surface area contributed by atoms with E-state index in [2.05, 4.69) is 45.0 Å². The van der Waals surface area contributed by atoms with Gasteiger partial charge in [-0.3, -0.25) is 4.79 Å². The Morgan fingerprint density at radius 3 is 2.42 bits per heavy atom. The number of hydroxylamine groups is 1. The fourth-order valence-corrected chi connectivity index (χ4v) is 2.50. The highest BCUT2D eigenvalue weighted by Crippen LogP contribution is 2.10. The predicted molar refractivity (Wildman–Crippen MR) is 100 cm³/mol. The van der Waals surface area contributed by atoms with Crippen molar-refractivity contribution < 1.29 is 19.7 Å². The summed E-state index contributed by atoms with van der Waals surface area (Å²) >= 11 is 2.16. The van der Waals surface area contributed by atoms with Gasteiger partial charge in [-0.05, 0) is 64.7 Å². The number of benzene rings is 1. The Morgan fingerprint density at radius 2 is 1.75 bits per heavy atom. The smallest absolute Gasteiger partial charge is 0.277 e. The van der Waals surface area contributed by atoms with Crippen LogP contribution in [0.15, 0.2) is 24.3 Å². The zero-order valence-electron chi connectivity index (χ0n) is 14.1. The first kappa shape index (κ1) is 21.3. The van der Waals surface area contributed by atoms with Crippen molar-refractivity contribution in [1.82, 2.24) is 5.48 Å². The zero-order chi connectivity index (χ0) is 17.6. The van der Waals surface area contributed by atoms with Gasteiger partial charge < -0.3 is 5.73 Å². The number of amides is 1. The van der Waals surface area contributed by atoms with Crippen LogP contribution in [0.25, 0.3) is 0 Å². The molecule has 136 valence electrons. The van der Waals surface area contributed by atoms with Gasteiger partial charge in [-0.25, -0.2) is 0 Å². The van der Waals surface area contributed by atoms with E-state index in [0.717, 1.165) is 16.4 Å². The molecule has 6 nitrogen and oxygen atoms in total. The van der Waals surface area contributed by atoms with Gasteiger partial charge in [0.25, 0.3) is 5.91 Å². The molecule has 0 heterocycles. The standard InChI is InChI=1S/C17H27IN2O4/c1-2-3-4-5-6-7-8-9-16(19)22-24-23-20-17(21)14-10-12-15(18)13-11-14/h10-13,16H,2-9,19H2,1H3,(H,20,21). The molecule has 0 aliphatic carbocycles. The molecule has 0 spiro atoms. The lowest BCUT2D eigenvalue weighted by atomic mass is 10.1. The first-order valence-corrected chi connectivity index (χ1v) is 9.52. The molecule has 0 aliphatic rings. The predicted octanol–water partition coefficient (Wildman–Crippen LogP) is 4.24. The van der Waals surface area contributed by atoms with Crippen LogP contribution in [-0.4, -0.2) is 12.1 Å². The van der Waals surface area contributed by atoms with Crippen molar-refractivity contribution in [1.29, 1.82) is 0 Å². The SMILES string of the molecule is CCCCCCCCCC(N)OOONC(=O)c1ccc(I)cc1. The Labute approximate surface area is 157 Å². The fourth-order valence-electron chi connectivity index (χ4n) is 2.14. The van der Waals surface area contributed by atoms with E-state index in [1.807, 2.05) is 12.1 Å². The minimum atomic E-state index is -0.573. The number of carbonyl (C=O) groups is 1. The van der Waals surface area contributed by atoms with E-state index in [-0.39, 0.29) is 0 Å². The van der Waals surface area contributed by atoms with Crippen molar-refractivity contribution in [3.05, 3.63) is 33.4 Å². The molecule has 0 bridgehead atoms. The minimum Gasteiger partial charge on any atom is -0.303 e. The Kier molecular flexibility index (Phi) is 12.0. The summed E-state index contributed by atoms with van der Waals surface area (Å²) in [7, 11) is 0. The lowest BCUT2D eigenvalue weighted by Crippen LogP contribution is -2.28. The normalized spacial score (nSPS) is 12.1. The van der Waals surface area contributed by atoms with Gasteiger partial charge in [0.1, 0.15) is 6.23 Å². The van der Waals surface area contributed by atoms with Crippen LogP contribution in [0.4, 0.5) is 0 Å². The van der Waals surface area contributed by atoms with E-state index in [4.69, 9.17) is 10.6 Å². The van der Waals surface area contributed by atoms with Gasteiger partial charge in [0.15, 0.2) is 0 Å². The fraction of sp³-hybridized carbons (Fsp3) is 0.588. The molecule has 1 rings (SSSR count). The van der Waals surface area contributed by atoms with E-state index in [1.54, 1.807) is 12.1 Å². The number of carbonyl (C=O) groups excluding carboxylic acids is 1. The van der Waals surface area contributed by atoms with Crippen LogP contribution in [0.2, 0.25) is 0 Å². The van der Waals surface area contributed by atoms with Crippen LogP contribution >= 0.6 is 22.6 Å². The number of hydrogen-bond acceptors (Lipinski definition) is 5. The van der Waals surface area contributed by atoms with Crippen molar-refractivity contribution in [2.24, 2.45) is 5.73 Å². The summed E-state index contributed by atoms with van der Waals surface area (Å²) in [5.41, 5.74) is 8.33. The maximum Gasteiger partial charge on any atom is 0.277 e. The van der Waals surface area contributed by atoms with E-state index < -0.39 is 12.1 Å². The molecule has 0 saturated heterocycles. The summed E-state index contributed by atoms with van der Waals surface area (Å²) in [5, 5.41) is 4.46. The highest BCUT2D eigenvalue weighted by atomic mass is 127. The average Bonchev–Trinajstić information content (AvgIpc) is 2.58. The molecule has 1 aromatic carbocycles. The maximum atomic E-state index is 11.7. The van der Waals surface area contributed by atoms with Gasteiger partial charge in [0.05, 0.1) is 0 Å². The molecule has 0 aliphatic heterocycles. The van der Waals surface area contributed by atoms with Gasteiger partial charge in [-0.15, -0.1) is 0 Å². The van der Waals surface area contributed by atoms with Crippen LogP contribution in [0.1, 0.15) is 68.6 Å². The summed E-state index contributed by atoms with van der Waals surface area (Å²) in [6.45, 7) is 2.21. The van der Waals surface area contributed by atoms with Gasteiger partial charge in [-0.2, -0.15) is 10.4 Å². The van der Waals surface area contributed by atoms with E-state index in [9.17, 15) is 4.79 Å². The molecule has 0 fully saturated rings. The molecule has 1 aromatic rings. The first-order valence-electron chi connectivity index (χ1n) is 8.44. The van der Waals surface area contributed by atoms with Crippen molar-refractivity contribution >= 4 is 28.5 Å². The van der Waals surface area contributed by atoms with Crippen LogP contribution in [0.5, 0.6) is 0 Å². The maximum absolute atomic E-state index is 11.7. The molecular weight excluding hydrogens is 423 g/mol. The largest absolute Gasteiger partial charge is 0.303 e. The summed E-state index contributed by atoms with van der Waals surface area (Å²) in [5.74, 6) is -0.421. The minimum absolute atomic E-state index is 0.421. The van der Waals surface area contributed by atoms with Gasteiger partial charge in [0, 0.05) is 9.13 Å². The molecular formula is C17H27IN2O4. The molecule has 1 amide bonds. The first-order chi connectivity index (χ1) is 11.6. The summed E-state index contributed by atoms with van der Waals surface area (Å²) < 4.78 is 1.04. The lowest BCUT2D eigenvalue weighted by molar-refractivity contribution is -0.541. The Bertz CT molecular complexity index is 456. The van der Waals surface area contributed by atoms with E-state index >= 15 is 0 Å². The van der Waals surface area contributed by atoms with Crippen LogP contribution in [0, 0.1) is 3.57 Å². The molecule has 3 N–H and O–H groups in total. The lowest BCUT2D eigenvalue weighted by Gasteiger charge is -2.10. The van der Waals surface area contributed by atoms with Gasteiger partial charge in [-0.1, -0.05) is 50.4 Å². The van der Waals surface area contributed by atoms with Crippen molar-refractivity contribution in [3.8, 4) is 0 Å². The van der Waals surface area contributed by atoms with E-state index in [0.29, 0.717) is 12.0 Å². The third kappa shape index (κ3) is 10.2. The van der Waals surface area contributed by atoms with Crippen LogP contribution in [-0.2, 0) is 14.9 Å². The number of nitrogens with one attached hydrogen (secondary N) is 1. The second-order valence-electron chi connectivity index (χ2n) is 5.63. The third-order valence-electron chi connectivity index (χ3n) is 3.53. The molecule has 7 heteroatoms. The van der Waals surface area contributed by atoms with Crippen molar-refractivity contribution in [2.45, 2.75) is 64.5 Å². The second kappa shape index (κ2) is 13.5. The highest BCUT2D eigenvalue weighted by Gasteiger charge is 2.07. The molecule has 1 unspecified atom stereocenters. The van der Waals surface area contributed by atoms with Crippen molar-refractivity contribution in [3.63, 3.8) is 0 Å². The highest BCUT2D eigenvalue weighted by molar-refractivity contribution is 14.1. The van der Waals surface area contributed by atoms with Crippen molar-refractivity contribution in [2.75, 3.05) is 0 Å². The monoisotopic (exact) mass is 450 g/mol. The zero-order valence-corrected chi connectivity index (χ0v) is 16.3. The topological polar surface area (TPSA) is 82.8 Å². The van der Waals surface area contributed by atoms with Crippen LogP contribution < -0.4 is 11.2 Å². The number of halogens is 1. The Morgan fingerprint density at radius 1 is 1.12 bits per heavy atom. The third-order valence-corrected chi connectivity index (χ3v) is 4.25. The molecule has 1 atom stereocenters. The molecule has 0 radical (unpaired) electrons. The number of unbranched alkanes of at least 4 members (excludes halogenated alkanes) is 6. The quantitative estimate of drug-likeness (QED) is 0.155. The molecule has 24 heavy (non-hydrogen) atoms.